The SMILES string of the molecule is CCC(CC)(CO)CNc1cccc(C(=O)O)c1. The first-order chi connectivity index (χ1) is 8.56. The minimum absolute atomic E-state index is 0.131. The molecule has 0 bridgehead atoms. The van der Waals surface area contributed by atoms with Gasteiger partial charge in [0.25, 0.3) is 0 Å². The molecule has 0 radical (unpaired) electrons. The second kappa shape index (κ2) is 6.40. The lowest BCUT2D eigenvalue weighted by Gasteiger charge is -2.30. The zero-order valence-corrected chi connectivity index (χ0v) is 10.9. The number of hydrogen-bond acceptors (Lipinski definition) is 3. The van der Waals surface area contributed by atoms with Crippen molar-refractivity contribution in [2.45, 2.75) is 26.7 Å². The van der Waals surface area contributed by atoms with Crippen LogP contribution in [0.25, 0.3) is 0 Å². The molecule has 0 saturated carbocycles. The Morgan fingerprint density at radius 1 is 1.33 bits per heavy atom. The number of aliphatic hydroxyl groups is 1. The van der Waals surface area contributed by atoms with Crippen LogP contribution in [-0.4, -0.2) is 29.3 Å². The van der Waals surface area contributed by atoms with E-state index in [1.54, 1.807) is 18.2 Å². The molecule has 1 aromatic carbocycles. The maximum absolute atomic E-state index is 10.9. The number of carbonyl (C=O) groups is 1. The Bertz CT molecular complexity index is 392. The average Bonchev–Trinajstić information content (AvgIpc) is 2.41. The Hall–Kier alpha value is -1.55. The maximum atomic E-state index is 10.9. The van der Waals surface area contributed by atoms with Crippen molar-refractivity contribution in [3.63, 3.8) is 0 Å². The molecule has 0 spiro atoms. The number of aliphatic hydroxyl groups excluding tert-OH is 1. The van der Waals surface area contributed by atoms with E-state index in [4.69, 9.17) is 5.11 Å². The molecule has 1 rings (SSSR count). The number of rotatable bonds is 7. The van der Waals surface area contributed by atoms with E-state index in [9.17, 15) is 9.90 Å². The van der Waals surface area contributed by atoms with Gasteiger partial charge in [0.1, 0.15) is 0 Å². The molecule has 0 heterocycles. The van der Waals surface area contributed by atoms with E-state index < -0.39 is 5.97 Å². The van der Waals surface area contributed by atoms with Crippen LogP contribution < -0.4 is 5.32 Å². The highest BCUT2D eigenvalue weighted by Crippen LogP contribution is 2.26. The highest BCUT2D eigenvalue weighted by molar-refractivity contribution is 5.88. The van der Waals surface area contributed by atoms with Crippen LogP contribution in [0.5, 0.6) is 0 Å². The lowest BCUT2D eigenvalue weighted by molar-refractivity contribution is 0.0697. The monoisotopic (exact) mass is 251 g/mol. The lowest BCUT2D eigenvalue weighted by Crippen LogP contribution is -2.32. The second-order valence-corrected chi connectivity index (χ2v) is 4.60. The van der Waals surface area contributed by atoms with Gasteiger partial charge in [0.15, 0.2) is 0 Å². The fourth-order valence-electron chi connectivity index (χ4n) is 1.83. The zero-order valence-electron chi connectivity index (χ0n) is 10.9. The molecule has 0 amide bonds. The first kappa shape index (κ1) is 14.5. The Balaban J connectivity index is 2.73. The van der Waals surface area contributed by atoms with E-state index in [1.165, 1.54) is 0 Å². The maximum Gasteiger partial charge on any atom is 0.335 e. The van der Waals surface area contributed by atoms with E-state index in [0.717, 1.165) is 18.5 Å². The first-order valence-corrected chi connectivity index (χ1v) is 6.25. The van der Waals surface area contributed by atoms with Gasteiger partial charge in [0.05, 0.1) is 12.2 Å². The molecule has 0 fully saturated rings. The minimum Gasteiger partial charge on any atom is -0.478 e. The number of aromatic carboxylic acids is 1. The van der Waals surface area contributed by atoms with Gasteiger partial charge >= 0.3 is 5.97 Å². The molecule has 0 aliphatic carbocycles. The molecule has 0 aliphatic rings. The van der Waals surface area contributed by atoms with Crippen molar-refractivity contribution in [3.05, 3.63) is 29.8 Å². The summed E-state index contributed by atoms with van der Waals surface area (Å²) in [5.74, 6) is -0.932. The van der Waals surface area contributed by atoms with E-state index >= 15 is 0 Å². The van der Waals surface area contributed by atoms with Crippen molar-refractivity contribution < 1.29 is 15.0 Å². The van der Waals surface area contributed by atoms with Gasteiger partial charge in [-0.2, -0.15) is 0 Å². The number of nitrogens with one attached hydrogen (secondary N) is 1. The summed E-state index contributed by atoms with van der Waals surface area (Å²) in [6.07, 6.45) is 1.76. The van der Waals surface area contributed by atoms with Crippen molar-refractivity contribution >= 4 is 11.7 Å². The van der Waals surface area contributed by atoms with E-state index in [1.807, 2.05) is 6.07 Å². The third-order valence-electron chi connectivity index (χ3n) is 3.61. The highest BCUT2D eigenvalue weighted by atomic mass is 16.4. The predicted molar refractivity (Wildman–Crippen MR) is 72.0 cm³/mol. The summed E-state index contributed by atoms with van der Waals surface area (Å²) in [6, 6.07) is 6.71. The van der Waals surface area contributed by atoms with Crippen LogP contribution in [0.1, 0.15) is 37.0 Å². The molecule has 0 saturated heterocycles. The third-order valence-corrected chi connectivity index (χ3v) is 3.61. The van der Waals surface area contributed by atoms with Crippen molar-refractivity contribution in [3.8, 4) is 0 Å². The van der Waals surface area contributed by atoms with Gasteiger partial charge in [0, 0.05) is 17.6 Å². The van der Waals surface area contributed by atoms with Gasteiger partial charge in [-0.25, -0.2) is 4.79 Å². The smallest absolute Gasteiger partial charge is 0.335 e. The summed E-state index contributed by atoms with van der Waals surface area (Å²) in [5, 5.41) is 21.6. The summed E-state index contributed by atoms with van der Waals surface area (Å²) in [4.78, 5) is 10.9. The molecule has 4 heteroatoms. The molecule has 0 aliphatic heterocycles. The largest absolute Gasteiger partial charge is 0.478 e. The summed E-state index contributed by atoms with van der Waals surface area (Å²) >= 11 is 0. The molecule has 100 valence electrons. The van der Waals surface area contributed by atoms with Gasteiger partial charge < -0.3 is 15.5 Å². The van der Waals surface area contributed by atoms with Crippen LogP contribution in [0, 0.1) is 5.41 Å². The molecule has 4 nitrogen and oxygen atoms in total. The van der Waals surface area contributed by atoms with Crippen LogP contribution >= 0.6 is 0 Å². The van der Waals surface area contributed by atoms with E-state index in [-0.39, 0.29) is 17.6 Å². The number of hydrogen-bond donors (Lipinski definition) is 3. The number of carboxylic acid groups (broad SMARTS) is 1. The van der Waals surface area contributed by atoms with Gasteiger partial charge in [-0.3, -0.25) is 0 Å². The van der Waals surface area contributed by atoms with Crippen LogP contribution in [0.4, 0.5) is 5.69 Å². The minimum atomic E-state index is -0.932. The zero-order chi connectivity index (χ0) is 13.6. The van der Waals surface area contributed by atoms with E-state index in [2.05, 4.69) is 19.2 Å². The van der Waals surface area contributed by atoms with Gasteiger partial charge in [-0.15, -0.1) is 0 Å². The second-order valence-electron chi connectivity index (χ2n) is 4.60. The fourth-order valence-corrected chi connectivity index (χ4v) is 1.83. The number of benzene rings is 1. The van der Waals surface area contributed by atoms with Gasteiger partial charge in [0.2, 0.25) is 0 Å². The molecule has 1 aromatic rings. The Labute approximate surface area is 108 Å². The molecule has 0 unspecified atom stereocenters. The highest BCUT2D eigenvalue weighted by Gasteiger charge is 2.24. The van der Waals surface area contributed by atoms with Crippen molar-refractivity contribution in [1.29, 1.82) is 0 Å². The van der Waals surface area contributed by atoms with E-state index in [0.29, 0.717) is 6.54 Å². The predicted octanol–water partition coefficient (Wildman–Crippen LogP) is 2.60. The molecule has 3 N–H and O–H groups in total. The third kappa shape index (κ3) is 3.47. The van der Waals surface area contributed by atoms with Crippen molar-refractivity contribution in [2.75, 3.05) is 18.5 Å². The number of anilines is 1. The average molecular weight is 251 g/mol. The number of carboxylic acids is 1. The standard InChI is InChI=1S/C14H21NO3/c1-3-14(4-2,10-16)9-15-12-7-5-6-11(8-12)13(17)18/h5-8,15-16H,3-4,9-10H2,1-2H3,(H,17,18). The lowest BCUT2D eigenvalue weighted by atomic mass is 9.83. The molecule has 18 heavy (non-hydrogen) atoms. The topological polar surface area (TPSA) is 69.6 Å². The van der Waals surface area contributed by atoms with Crippen molar-refractivity contribution in [1.82, 2.24) is 0 Å². The quantitative estimate of drug-likeness (QED) is 0.696. The van der Waals surface area contributed by atoms with Crippen LogP contribution in [0.15, 0.2) is 24.3 Å². The Morgan fingerprint density at radius 3 is 2.50 bits per heavy atom. The van der Waals surface area contributed by atoms with Crippen LogP contribution in [0.3, 0.4) is 0 Å². The van der Waals surface area contributed by atoms with Crippen LogP contribution in [-0.2, 0) is 0 Å². The fraction of sp³-hybridized carbons (Fsp3) is 0.500. The van der Waals surface area contributed by atoms with Gasteiger partial charge in [-0.05, 0) is 31.0 Å². The summed E-state index contributed by atoms with van der Waals surface area (Å²) < 4.78 is 0. The molecule has 0 aromatic heterocycles. The Morgan fingerprint density at radius 2 is 2.00 bits per heavy atom. The summed E-state index contributed by atoms with van der Waals surface area (Å²) in [6.45, 7) is 4.87. The first-order valence-electron chi connectivity index (χ1n) is 6.25. The summed E-state index contributed by atoms with van der Waals surface area (Å²) in [5.41, 5.74) is 0.899. The Kier molecular flexibility index (Phi) is 5.16. The molecule has 0 atom stereocenters. The van der Waals surface area contributed by atoms with Gasteiger partial charge in [-0.1, -0.05) is 19.9 Å². The van der Waals surface area contributed by atoms with Crippen LogP contribution in [0.2, 0.25) is 0 Å². The normalized spacial score (nSPS) is 11.3. The van der Waals surface area contributed by atoms with Crippen molar-refractivity contribution in [2.24, 2.45) is 5.41 Å². The molecular weight excluding hydrogens is 230 g/mol. The molecular formula is C14H21NO3. The summed E-state index contributed by atoms with van der Waals surface area (Å²) in [7, 11) is 0.